The van der Waals surface area contributed by atoms with Crippen LogP contribution < -0.4 is 5.32 Å². The molecule has 8 heteroatoms. The number of carbonyl (C=O) groups excluding carboxylic acids is 1. The molecule has 31 heavy (non-hydrogen) atoms. The summed E-state index contributed by atoms with van der Waals surface area (Å²) in [7, 11) is 0. The fourth-order valence-corrected chi connectivity index (χ4v) is 4.05. The van der Waals surface area contributed by atoms with Crippen LogP contribution in [0.1, 0.15) is 25.5 Å². The summed E-state index contributed by atoms with van der Waals surface area (Å²) in [5, 5.41) is 3.39. The molecular weight excluding hydrogens is 392 g/mol. The lowest BCUT2D eigenvalue weighted by Gasteiger charge is -2.36. The summed E-state index contributed by atoms with van der Waals surface area (Å²) in [6, 6.07) is 9.88. The first-order valence-electron chi connectivity index (χ1n) is 11.3. The molecule has 2 aliphatic rings. The number of aliphatic imine (C=N–C) groups is 1. The zero-order valence-corrected chi connectivity index (χ0v) is 18.3. The van der Waals surface area contributed by atoms with Crippen molar-refractivity contribution in [1.82, 2.24) is 25.0 Å². The van der Waals surface area contributed by atoms with Crippen molar-refractivity contribution in [3.05, 3.63) is 42.3 Å². The van der Waals surface area contributed by atoms with Gasteiger partial charge in [-0.1, -0.05) is 18.2 Å². The number of piperazine rings is 1. The molecule has 0 aliphatic carbocycles. The molecule has 1 N–H and O–H groups in total. The van der Waals surface area contributed by atoms with Crippen molar-refractivity contribution in [2.24, 2.45) is 4.99 Å². The summed E-state index contributed by atoms with van der Waals surface area (Å²) in [4.78, 5) is 28.3. The van der Waals surface area contributed by atoms with Crippen LogP contribution >= 0.6 is 0 Å². The zero-order chi connectivity index (χ0) is 21.5. The number of carbonyl (C=O) groups is 1. The van der Waals surface area contributed by atoms with Gasteiger partial charge in [-0.05, 0) is 31.9 Å². The van der Waals surface area contributed by atoms with Crippen molar-refractivity contribution in [3.63, 3.8) is 0 Å². The van der Waals surface area contributed by atoms with E-state index in [0.29, 0.717) is 19.0 Å². The van der Waals surface area contributed by atoms with Crippen LogP contribution in [0.15, 0.2) is 46.0 Å². The van der Waals surface area contributed by atoms with Gasteiger partial charge in [0.2, 0.25) is 11.8 Å². The fourth-order valence-electron chi connectivity index (χ4n) is 4.05. The number of guanidine groups is 1. The maximum atomic E-state index is 12.4. The van der Waals surface area contributed by atoms with Crippen molar-refractivity contribution >= 4 is 11.9 Å². The van der Waals surface area contributed by atoms with Crippen LogP contribution in [-0.2, 0) is 11.3 Å². The molecule has 0 saturated carbocycles. The van der Waals surface area contributed by atoms with Gasteiger partial charge in [-0.2, -0.15) is 0 Å². The van der Waals surface area contributed by atoms with E-state index in [0.717, 1.165) is 75.9 Å². The quantitative estimate of drug-likeness (QED) is 0.565. The van der Waals surface area contributed by atoms with Crippen LogP contribution in [0.3, 0.4) is 0 Å². The first-order chi connectivity index (χ1) is 15.2. The Morgan fingerprint density at radius 3 is 2.52 bits per heavy atom. The third-order valence-electron chi connectivity index (χ3n) is 5.79. The highest BCUT2D eigenvalue weighted by atomic mass is 16.3. The van der Waals surface area contributed by atoms with Gasteiger partial charge in [0.15, 0.2) is 5.96 Å². The van der Waals surface area contributed by atoms with E-state index in [9.17, 15) is 4.79 Å². The van der Waals surface area contributed by atoms with Crippen molar-refractivity contribution in [1.29, 1.82) is 0 Å². The lowest BCUT2D eigenvalue weighted by Crippen LogP contribution is -2.54. The number of aromatic nitrogens is 1. The zero-order valence-electron chi connectivity index (χ0n) is 18.3. The van der Waals surface area contributed by atoms with Crippen LogP contribution in [0, 0.1) is 0 Å². The molecule has 1 aromatic carbocycles. The van der Waals surface area contributed by atoms with Gasteiger partial charge in [-0.3, -0.25) is 9.69 Å². The smallest absolute Gasteiger partial charge is 0.236 e. The predicted octanol–water partition coefficient (Wildman–Crippen LogP) is 2.05. The second-order valence-electron chi connectivity index (χ2n) is 8.03. The molecule has 0 atom stereocenters. The van der Waals surface area contributed by atoms with E-state index >= 15 is 0 Å². The van der Waals surface area contributed by atoms with Crippen molar-refractivity contribution in [2.75, 3.05) is 52.4 Å². The molecule has 2 saturated heterocycles. The summed E-state index contributed by atoms with van der Waals surface area (Å²) in [6.45, 7) is 9.16. The van der Waals surface area contributed by atoms with Crippen molar-refractivity contribution in [3.8, 4) is 11.5 Å². The number of amides is 1. The van der Waals surface area contributed by atoms with E-state index in [1.807, 2.05) is 35.2 Å². The maximum Gasteiger partial charge on any atom is 0.236 e. The number of benzene rings is 1. The Bertz CT molecular complexity index is 867. The van der Waals surface area contributed by atoms with Gasteiger partial charge in [-0.25, -0.2) is 9.98 Å². The van der Waals surface area contributed by atoms with Crippen molar-refractivity contribution < 1.29 is 9.21 Å². The molecule has 166 valence electrons. The summed E-state index contributed by atoms with van der Waals surface area (Å²) in [5.74, 6) is 1.77. The molecule has 2 aliphatic heterocycles. The van der Waals surface area contributed by atoms with Crippen LogP contribution in [-0.4, -0.2) is 83.9 Å². The molecule has 2 aromatic rings. The normalized spacial score (nSPS) is 17.9. The van der Waals surface area contributed by atoms with Crippen LogP contribution in [0.4, 0.5) is 0 Å². The van der Waals surface area contributed by atoms with E-state index in [4.69, 9.17) is 9.41 Å². The SMILES string of the molecule is CCNC(=NCc1coc(-c2ccccc2)n1)N1CCN(CC(=O)N2CCCC2)CC1. The highest BCUT2D eigenvalue weighted by Gasteiger charge is 2.24. The second kappa shape index (κ2) is 10.4. The minimum absolute atomic E-state index is 0.270. The van der Waals surface area contributed by atoms with E-state index in [1.165, 1.54) is 0 Å². The van der Waals surface area contributed by atoms with Gasteiger partial charge < -0.3 is 19.5 Å². The average Bonchev–Trinajstić information content (AvgIpc) is 3.50. The van der Waals surface area contributed by atoms with E-state index < -0.39 is 0 Å². The molecule has 1 aromatic heterocycles. The average molecular weight is 425 g/mol. The second-order valence-corrected chi connectivity index (χ2v) is 8.03. The van der Waals surface area contributed by atoms with E-state index in [-0.39, 0.29) is 5.91 Å². The third-order valence-corrected chi connectivity index (χ3v) is 5.79. The van der Waals surface area contributed by atoms with Crippen LogP contribution in [0.25, 0.3) is 11.5 Å². The van der Waals surface area contributed by atoms with Crippen LogP contribution in [0.2, 0.25) is 0 Å². The van der Waals surface area contributed by atoms with Crippen LogP contribution in [0.5, 0.6) is 0 Å². The molecule has 4 rings (SSSR count). The minimum atomic E-state index is 0.270. The first-order valence-corrected chi connectivity index (χ1v) is 11.3. The topological polar surface area (TPSA) is 77.2 Å². The number of oxazole rings is 1. The highest BCUT2D eigenvalue weighted by Crippen LogP contribution is 2.18. The Morgan fingerprint density at radius 1 is 1.06 bits per heavy atom. The Kier molecular flexibility index (Phi) is 7.19. The number of likely N-dealkylation sites (tertiary alicyclic amines) is 1. The molecular formula is C23H32N6O2. The van der Waals surface area contributed by atoms with E-state index in [2.05, 4.69) is 27.0 Å². The van der Waals surface area contributed by atoms with Gasteiger partial charge >= 0.3 is 0 Å². The first kappa shape index (κ1) is 21.4. The Balaban J connectivity index is 1.31. The monoisotopic (exact) mass is 424 g/mol. The predicted molar refractivity (Wildman–Crippen MR) is 121 cm³/mol. The molecule has 3 heterocycles. The third kappa shape index (κ3) is 5.64. The molecule has 0 unspecified atom stereocenters. The molecule has 1 amide bonds. The summed E-state index contributed by atoms with van der Waals surface area (Å²) in [5.41, 5.74) is 1.77. The van der Waals surface area contributed by atoms with E-state index in [1.54, 1.807) is 6.26 Å². The van der Waals surface area contributed by atoms with Gasteiger partial charge in [-0.15, -0.1) is 0 Å². The fraction of sp³-hybridized carbons (Fsp3) is 0.522. The molecule has 0 radical (unpaired) electrons. The molecule has 8 nitrogen and oxygen atoms in total. The van der Waals surface area contributed by atoms with Crippen molar-refractivity contribution in [2.45, 2.75) is 26.3 Å². The lowest BCUT2D eigenvalue weighted by molar-refractivity contribution is -0.131. The number of nitrogens with one attached hydrogen (secondary N) is 1. The summed E-state index contributed by atoms with van der Waals surface area (Å²) < 4.78 is 5.62. The molecule has 2 fully saturated rings. The lowest BCUT2D eigenvalue weighted by atomic mass is 10.2. The number of hydrogen-bond donors (Lipinski definition) is 1. The summed E-state index contributed by atoms with van der Waals surface area (Å²) in [6.07, 6.45) is 3.96. The Hall–Kier alpha value is -2.87. The van der Waals surface area contributed by atoms with Gasteiger partial charge in [0, 0.05) is 51.4 Å². The maximum absolute atomic E-state index is 12.4. The Morgan fingerprint density at radius 2 is 1.81 bits per heavy atom. The highest BCUT2D eigenvalue weighted by molar-refractivity contribution is 5.80. The van der Waals surface area contributed by atoms with Gasteiger partial charge in [0.25, 0.3) is 0 Å². The number of nitrogens with zero attached hydrogens (tertiary/aromatic N) is 5. The number of rotatable bonds is 6. The largest absolute Gasteiger partial charge is 0.444 e. The standard InChI is InChI=1S/C23H32N6O2/c1-2-24-23(25-16-20-18-31-22(26-20)19-8-4-3-5-9-19)29-14-12-27(13-15-29)17-21(30)28-10-6-7-11-28/h3-5,8-9,18H,2,6-7,10-17H2,1H3,(H,24,25). The Labute approximate surface area is 183 Å². The molecule has 0 bridgehead atoms. The summed E-state index contributed by atoms with van der Waals surface area (Å²) >= 11 is 0. The minimum Gasteiger partial charge on any atom is -0.444 e. The van der Waals surface area contributed by atoms with Gasteiger partial charge in [0.1, 0.15) is 12.0 Å². The molecule has 0 spiro atoms. The van der Waals surface area contributed by atoms with Gasteiger partial charge in [0.05, 0.1) is 13.1 Å². The number of hydrogen-bond acceptors (Lipinski definition) is 5.